The van der Waals surface area contributed by atoms with Crippen molar-refractivity contribution in [2.75, 3.05) is 37.8 Å². The molecule has 3 aromatic rings. The Morgan fingerprint density at radius 2 is 2.09 bits per heavy atom. The van der Waals surface area contributed by atoms with Crippen molar-refractivity contribution in [2.45, 2.75) is 26.7 Å². The molecule has 4 rings (SSSR count). The predicted molar refractivity (Wildman–Crippen MR) is 131 cm³/mol. The van der Waals surface area contributed by atoms with Gasteiger partial charge in [0.25, 0.3) is 0 Å². The number of ether oxygens (including phenoxy) is 1. The summed E-state index contributed by atoms with van der Waals surface area (Å²) in [5.41, 5.74) is 15.6. The van der Waals surface area contributed by atoms with E-state index in [-0.39, 0.29) is 5.91 Å². The molecule has 33 heavy (non-hydrogen) atoms. The highest BCUT2D eigenvalue weighted by atomic mass is 16.5. The molecule has 1 saturated heterocycles. The summed E-state index contributed by atoms with van der Waals surface area (Å²) >= 11 is 0. The number of aromatic amines is 1. The van der Waals surface area contributed by atoms with E-state index in [1.54, 1.807) is 12.4 Å². The van der Waals surface area contributed by atoms with Gasteiger partial charge in [-0.05, 0) is 44.7 Å². The average Bonchev–Trinajstić information content (AvgIpc) is 3.35. The zero-order chi connectivity index (χ0) is 23.4. The van der Waals surface area contributed by atoms with Crippen LogP contribution in [-0.2, 0) is 9.53 Å². The third-order valence-corrected chi connectivity index (χ3v) is 6.12. The maximum absolute atomic E-state index is 12.7. The van der Waals surface area contributed by atoms with E-state index in [0.29, 0.717) is 41.6 Å². The van der Waals surface area contributed by atoms with Crippen LogP contribution in [0.15, 0.2) is 35.5 Å². The van der Waals surface area contributed by atoms with E-state index in [9.17, 15) is 4.79 Å². The molecule has 9 heteroatoms. The lowest BCUT2D eigenvalue weighted by molar-refractivity contribution is -0.129. The first-order chi connectivity index (χ1) is 15.8. The van der Waals surface area contributed by atoms with Crippen LogP contribution in [0.5, 0.6) is 0 Å². The maximum atomic E-state index is 12.7. The van der Waals surface area contributed by atoms with Gasteiger partial charge < -0.3 is 21.5 Å². The summed E-state index contributed by atoms with van der Waals surface area (Å²) < 4.78 is 5.38. The number of carbonyl (C=O) groups excluding carboxylic acids is 1. The number of fused-ring (bicyclic) bond motifs is 1. The Kier molecular flexibility index (Phi) is 6.60. The van der Waals surface area contributed by atoms with E-state index < -0.39 is 5.41 Å². The number of hydrogen-bond donors (Lipinski definition) is 4. The third-order valence-electron chi connectivity index (χ3n) is 6.12. The van der Waals surface area contributed by atoms with Gasteiger partial charge in [0.2, 0.25) is 5.91 Å². The number of aliphatic imine (C=N–C) groups is 1. The Balaban J connectivity index is 1.45. The zero-order valence-electron chi connectivity index (χ0n) is 19.1. The fourth-order valence-corrected chi connectivity index (χ4v) is 3.91. The van der Waals surface area contributed by atoms with Crippen molar-refractivity contribution in [1.29, 1.82) is 0 Å². The minimum atomic E-state index is -0.658. The number of nitrogens with zero attached hydrogens (tertiary/aromatic N) is 3. The molecule has 1 aromatic carbocycles. The van der Waals surface area contributed by atoms with E-state index in [1.165, 1.54) is 0 Å². The van der Waals surface area contributed by atoms with Gasteiger partial charge in [0.15, 0.2) is 0 Å². The molecule has 1 aliphatic heterocycles. The van der Waals surface area contributed by atoms with Gasteiger partial charge in [-0.15, -0.1) is 0 Å². The Morgan fingerprint density at radius 1 is 1.30 bits per heavy atom. The number of amides is 1. The van der Waals surface area contributed by atoms with Crippen LogP contribution >= 0.6 is 0 Å². The molecule has 0 aliphatic carbocycles. The standard InChI is InChI=1S/C24H31N7O2/c1-24(2,23(32)28-12-15-6-9-33-10-7-15)14-27-13-18-21(25)17-4-3-16(19-5-8-29-31-19)11-20(17)30-22(18)26/h3-5,8,11,13,15H,6-7,9-10,12,14H2,1-2H3,(H,28,32)(H,29,31)(H4,25,26,30). The van der Waals surface area contributed by atoms with E-state index in [0.717, 1.165) is 42.7 Å². The second kappa shape index (κ2) is 9.58. The molecule has 1 aliphatic rings. The molecule has 1 amide bonds. The Labute approximate surface area is 193 Å². The van der Waals surface area contributed by atoms with Crippen LogP contribution in [0, 0.1) is 11.3 Å². The molecule has 0 radical (unpaired) electrons. The van der Waals surface area contributed by atoms with Crippen molar-refractivity contribution in [3.8, 4) is 11.3 Å². The number of hydrogen-bond acceptors (Lipinski definition) is 7. The summed E-state index contributed by atoms with van der Waals surface area (Å²) in [5, 5.41) is 10.8. The van der Waals surface area contributed by atoms with Crippen LogP contribution in [0.3, 0.4) is 0 Å². The second-order valence-corrected chi connectivity index (χ2v) is 9.15. The number of nitrogen functional groups attached to an aromatic ring is 2. The van der Waals surface area contributed by atoms with Crippen LogP contribution in [0.2, 0.25) is 0 Å². The Morgan fingerprint density at radius 3 is 2.82 bits per heavy atom. The first-order valence-corrected chi connectivity index (χ1v) is 11.2. The molecule has 0 bridgehead atoms. The number of nitrogens with one attached hydrogen (secondary N) is 2. The molecule has 3 heterocycles. The first kappa shape index (κ1) is 22.7. The van der Waals surface area contributed by atoms with Crippen LogP contribution < -0.4 is 16.8 Å². The molecular weight excluding hydrogens is 418 g/mol. The van der Waals surface area contributed by atoms with Gasteiger partial charge in [0, 0.05) is 43.1 Å². The Hall–Kier alpha value is -3.46. The number of pyridine rings is 1. The van der Waals surface area contributed by atoms with Crippen LogP contribution in [-0.4, -0.2) is 53.6 Å². The zero-order valence-corrected chi connectivity index (χ0v) is 19.1. The molecule has 0 atom stereocenters. The summed E-state index contributed by atoms with van der Waals surface area (Å²) in [6, 6.07) is 7.67. The highest BCUT2D eigenvalue weighted by Crippen LogP contribution is 2.30. The molecule has 6 N–H and O–H groups in total. The van der Waals surface area contributed by atoms with Crippen molar-refractivity contribution in [3.05, 3.63) is 36.0 Å². The van der Waals surface area contributed by atoms with Gasteiger partial charge in [-0.3, -0.25) is 14.9 Å². The molecule has 0 unspecified atom stereocenters. The van der Waals surface area contributed by atoms with E-state index >= 15 is 0 Å². The van der Waals surface area contributed by atoms with Gasteiger partial charge >= 0.3 is 0 Å². The summed E-state index contributed by atoms with van der Waals surface area (Å²) in [4.78, 5) is 21.7. The first-order valence-electron chi connectivity index (χ1n) is 11.2. The normalized spacial score (nSPS) is 15.3. The predicted octanol–water partition coefficient (Wildman–Crippen LogP) is 2.78. The summed E-state index contributed by atoms with van der Waals surface area (Å²) in [5.74, 6) is 0.751. The van der Waals surface area contributed by atoms with Crippen molar-refractivity contribution >= 4 is 34.5 Å². The summed E-state index contributed by atoms with van der Waals surface area (Å²) in [7, 11) is 0. The molecule has 1 fully saturated rings. The molecule has 9 nitrogen and oxygen atoms in total. The van der Waals surface area contributed by atoms with Crippen molar-refractivity contribution in [1.82, 2.24) is 20.5 Å². The van der Waals surface area contributed by atoms with Gasteiger partial charge in [-0.1, -0.05) is 12.1 Å². The van der Waals surface area contributed by atoms with Crippen LogP contribution in [0.4, 0.5) is 11.5 Å². The van der Waals surface area contributed by atoms with E-state index in [4.69, 9.17) is 16.2 Å². The monoisotopic (exact) mass is 449 g/mol. The molecule has 2 aromatic heterocycles. The topological polar surface area (TPSA) is 144 Å². The van der Waals surface area contributed by atoms with Crippen LogP contribution in [0.25, 0.3) is 22.2 Å². The maximum Gasteiger partial charge on any atom is 0.227 e. The van der Waals surface area contributed by atoms with Gasteiger partial charge in [0.05, 0.1) is 34.4 Å². The van der Waals surface area contributed by atoms with Gasteiger partial charge in [-0.25, -0.2) is 4.98 Å². The second-order valence-electron chi connectivity index (χ2n) is 9.15. The van der Waals surface area contributed by atoms with E-state index in [2.05, 4.69) is 25.5 Å². The molecule has 174 valence electrons. The number of H-pyrrole nitrogens is 1. The number of carbonyl (C=O) groups is 1. The van der Waals surface area contributed by atoms with Crippen molar-refractivity contribution in [2.24, 2.45) is 16.3 Å². The smallest absolute Gasteiger partial charge is 0.227 e. The highest BCUT2D eigenvalue weighted by molar-refractivity contribution is 6.05. The number of rotatable bonds is 7. The van der Waals surface area contributed by atoms with E-state index in [1.807, 2.05) is 38.1 Å². The highest BCUT2D eigenvalue weighted by Gasteiger charge is 2.28. The Bertz CT molecular complexity index is 1150. The lowest BCUT2D eigenvalue weighted by atomic mass is 9.91. The number of nitrogens with two attached hydrogens (primary N) is 2. The van der Waals surface area contributed by atoms with Crippen LogP contribution in [0.1, 0.15) is 32.3 Å². The average molecular weight is 450 g/mol. The number of anilines is 2. The van der Waals surface area contributed by atoms with Gasteiger partial charge in [0.1, 0.15) is 5.82 Å². The summed E-state index contributed by atoms with van der Waals surface area (Å²) in [6.45, 7) is 6.27. The molecule has 0 saturated carbocycles. The minimum Gasteiger partial charge on any atom is -0.398 e. The lowest BCUT2D eigenvalue weighted by Gasteiger charge is -2.26. The fraction of sp³-hybridized carbons (Fsp3) is 0.417. The lowest BCUT2D eigenvalue weighted by Crippen LogP contribution is -2.41. The van der Waals surface area contributed by atoms with Crippen molar-refractivity contribution < 1.29 is 9.53 Å². The number of benzene rings is 1. The quantitative estimate of drug-likeness (QED) is 0.408. The molecule has 0 spiro atoms. The summed E-state index contributed by atoms with van der Waals surface area (Å²) in [6.07, 6.45) is 5.28. The fourth-order valence-electron chi connectivity index (χ4n) is 3.91. The number of aromatic nitrogens is 3. The van der Waals surface area contributed by atoms with Crippen molar-refractivity contribution in [3.63, 3.8) is 0 Å². The largest absolute Gasteiger partial charge is 0.398 e. The third kappa shape index (κ3) is 5.14. The molecular formula is C24H31N7O2. The van der Waals surface area contributed by atoms with Gasteiger partial charge in [-0.2, -0.15) is 5.10 Å². The SMILES string of the molecule is CC(C)(CN=Cc1c(N)nc2cc(-c3ccn[nH]3)ccc2c1N)C(=O)NCC1CCOCC1. The minimum absolute atomic E-state index is 0.0185.